The van der Waals surface area contributed by atoms with Crippen molar-refractivity contribution >= 4 is 11.6 Å². The summed E-state index contributed by atoms with van der Waals surface area (Å²) in [6, 6.07) is 2.75. The van der Waals surface area contributed by atoms with E-state index in [-0.39, 0.29) is 16.9 Å². The first-order chi connectivity index (χ1) is 9.25. The Morgan fingerprint density at radius 3 is 2.30 bits per heavy atom. The van der Waals surface area contributed by atoms with E-state index in [4.69, 9.17) is 0 Å². The first kappa shape index (κ1) is 14.1. The van der Waals surface area contributed by atoms with Gasteiger partial charge in [-0.05, 0) is 12.1 Å². The number of carbonyl (C=O) groups is 1. The molecule has 0 aliphatic rings. The van der Waals surface area contributed by atoms with Gasteiger partial charge < -0.3 is 5.32 Å². The monoisotopic (exact) mass is 280 g/mol. The number of halogens is 2. The van der Waals surface area contributed by atoms with E-state index in [0.29, 0.717) is 5.82 Å². The van der Waals surface area contributed by atoms with E-state index < -0.39 is 17.5 Å². The summed E-state index contributed by atoms with van der Waals surface area (Å²) in [5.41, 5.74) is -0.272. The van der Waals surface area contributed by atoms with Gasteiger partial charge in [0.05, 0.1) is 0 Å². The highest BCUT2D eigenvalue weighted by atomic mass is 19.1. The molecule has 7 heteroatoms. The number of anilines is 1. The van der Waals surface area contributed by atoms with Crippen molar-refractivity contribution < 1.29 is 13.6 Å². The highest BCUT2D eigenvalue weighted by Gasteiger charge is 2.21. The molecule has 2 N–H and O–H groups in total. The quantitative estimate of drug-likeness (QED) is 0.888. The summed E-state index contributed by atoms with van der Waals surface area (Å²) in [5.74, 6) is -1.72. The van der Waals surface area contributed by atoms with E-state index in [1.165, 1.54) is 0 Å². The van der Waals surface area contributed by atoms with Crippen LogP contribution in [0.1, 0.15) is 37.2 Å². The third kappa shape index (κ3) is 3.17. The van der Waals surface area contributed by atoms with Crippen molar-refractivity contribution in [2.45, 2.75) is 26.2 Å². The number of benzene rings is 1. The van der Waals surface area contributed by atoms with E-state index >= 15 is 0 Å². The molecular weight excluding hydrogens is 266 g/mol. The van der Waals surface area contributed by atoms with Gasteiger partial charge in [-0.1, -0.05) is 20.8 Å². The number of aromatic nitrogens is 3. The van der Waals surface area contributed by atoms with E-state index in [2.05, 4.69) is 20.5 Å². The number of nitrogens with zero attached hydrogens (tertiary/aromatic N) is 2. The molecule has 0 saturated carbocycles. The Morgan fingerprint density at radius 2 is 1.80 bits per heavy atom. The lowest BCUT2D eigenvalue weighted by atomic mass is 9.96. The lowest BCUT2D eigenvalue weighted by Crippen LogP contribution is -2.16. The van der Waals surface area contributed by atoms with Crippen molar-refractivity contribution in [1.29, 1.82) is 0 Å². The van der Waals surface area contributed by atoms with Gasteiger partial charge in [0.2, 0.25) is 5.82 Å². The van der Waals surface area contributed by atoms with Crippen LogP contribution in [0.25, 0.3) is 0 Å². The standard InChI is InChI=1S/C13H14F2N4O/c1-13(2,3)12-17-10(18-19-12)11(20)16-9-5-7(14)4-8(15)6-9/h4-6H,1-3H3,(H,16,20)(H,17,18,19). The van der Waals surface area contributed by atoms with Gasteiger partial charge in [0.15, 0.2) is 0 Å². The minimum Gasteiger partial charge on any atom is -0.319 e. The molecule has 0 atom stereocenters. The molecule has 1 amide bonds. The van der Waals surface area contributed by atoms with Gasteiger partial charge in [-0.25, -0.2) is 13.8 Å². The molecule has 0 aliphatic heterocycles. The van der Waals surface area contributed by atoms with Gasteiger partial charge in [-0.15, -0.1) is 5.10 Å². The van der Waals surface area contributed by atoms with Crippen molar-refractivity contribution in [1.82, 2.24) is 15.2 Å². The SMILES string of the molecule is CC(C)(C)c1nc(C(=O)Nc2cc(F)cc(F)c2)n[nH]1. The Kier molecular flexibility index (Phi) is 3.52. The molecule has 0 saturated heterocycles. The number of H-pyrrole nitrogens is 1. The van der Waals surface area contributed by atoms with Crippen LogP contribution in [0.4, 0.5) is 14.5 Å². The number of carbonyl (C=O) groups excluding carboxylic acids is 1. The molecule has 1 aromatic carbocycles. The van der Waals surface area contributed by atoms with Crippen molar-refractivity contribution in [3.05, 3.63) is 41.5 Å². The molecule has 0 radical (unpaired) electrons. The second kappa shape index (κ2) is 4.99. The molecule has 0 bridgehead atoms. The predicted octanol–water partition coefficient (Wildman–Crippen LogP) is 2.63. The van der Waals surface area contributed by atoms with E-state index in [1.54, 1.807) is 0 Å². The van der Waals surface area contributed by atoms with Crippen LogP contribution in [0.15, 0.2) is 18.2 Å². The topological polar surface area (TPSA) is 70.7 Å². The van der Waals surface area contributed by atoms with Gasteiger partial charge >= 0.3 is 0 Å². The molecule has 0 unspecified atom stereocenters. The average molecular weight is 280 g/mol. The maximum absolute atomic E-state index is 13.0. The third-order valence-electron chi connectivity index (χ3n) is 2.52. The average Bonchev–Trinajstić information content (AvgIpc) is 2.75. The Labute approximate surface area is 114 Å². The fraction of sp³-hybridized carbons (Fsp3) is 0.308. The minimum absolute atomic E-state index is 0.00890. The van der Waals surface area contributed by atoms with Crippen LogP contribution in [0, 0.1) is 11.6 Å². The molecule has 2 aromatic rings. The first-order valence-corrected chi connectivity index (χ1v) is 5.96. The summed E-state index contributed by atoms with van der Waals surface area (Å²) in [7, 11) is 0. The lowest BCUT2D eigenvalue weighted by Gasteiger charge is -2.12. The number of nitrogens with one attached hydrogen (secondary N) is 2. The summed E-state index contributed by atoms with van der Waals surface area (Å²) >= 11 is 0. The summed E-state index contributed by atoms with van der Waals surface area (Å²) in [6.07, 6.45) is 0. The maximum atomic E-state index is 13.0. The van der Waals surface area contributed by atoms with E-state index in [0.717, 1.165) is 18.2 Å². The molecule has 1 aromatic heterocycles. The molecule has 0 fully saturated rings. The van der Waals surface area contributed by atoms with Crippen molar-refractivity contribution in [2.24, 2.45) is 0 Å². The van der Waals surface area contributed by atoms with E-state index in [9.17, 15) is 13.6 Å². The highest BCUT2D eigenvalue weighted by molar-refractivity contribution is 6.01. The lowest BCUT2D eigenvalue weighted by molar-refractivity contribution is 0.101. The highest BCUT2D eigenvalue weighted by Crippen LogP contribution is 2.18. The van der Waals surface area contributed by atoms with Gasteiger partial charge in [0, 0.05) is 17.2 Å². The zero-order valence-corrected chi connectivity index (χ0v) is 11.3. The second-order valence-corrected chi connectivity index (χ2v) is 5.37. The molecular formula is C13H14F2N4O. The van der Waals surface area contributed by atoms with Crippen molar-refractivity contribution in [2.75, 3.05) is 5.32 Å². The Balaban J connectivity index is 2.18. The van der Waals surface area contributed by atoms with Crippen LogP contribution in [0.2, 0.25) is 0 Å². The van der Waals surface area contributed by atoms with Gasteiger partial charge in [-0.2, -0.15) is 0 Å². The normalized spacial score (nSPS) is 11.4. The second-order valence-electron chi connectivity index (χ2n) is 5.37. The first-order valence-electron chi connectivity index (χ1n) is 5.96. The Bertz CT molecular complexity index is 626. The number of hydrogen-bond donors (Lipinski definition) is 2. The molecule has 1 heterocycles. The van der Waals surface area contributed by atoms with Crippen LogP contribution in [-0.2, 0) is 5.41 Å². The van der Waals surface area contributed by atoms with Crippen LogP contribution in [0.5, 0.6) is 0 Å². The number of amides is 1. The summed E-state index contributed by atoms with van der Waals surface area (Å²) in [5, 5.41) is 8.79. The molecule has 106 valence electrons. The smallest absolute Gasteiger partial charge is 0.295 e. The van der Waals surface area contributed by atoms with Crippen molar-refractivity contribution in [3.63, 3.8) is 0 Å². The van der Waals surface area contributed by atoms with Gasteiger partial charge in [-0.3, -0.25) is 9.89 Å². The molecule has 5 nitrogen and oxygen atoms in total. The van der Waals surface area contributed by atoms with Gasteiger partial charge in [0.1, 0.15) is 17.5 Å². The van der Waals surface area contributed by atoms with Gasteiger partial charge in [0.25, 0.3) is 5.91 Å². The summed E-state index contributed by atoms with van der Waals surface area (Å²) < 4.78 is 26.0. The van der Waals surface area contributed by atoms with Crippen LogP contribution < -0.4 is 5.32 Å². The fourth-order valence-corrected chi connectivity index (χ4v) is 1.51. The zero-order chi connectivity index (χ0) is 14.9. The molecule has 20 heavy (non-hydrogen) atoms. The van der Waals surface area contributed by atoms with Crippen LogP contribution >= 0.6 is 0 Å². The maximum Gasteiger partial charge on any atom is 0.295 e. The number of hydrogen-bond acceptors (Lipinski definition) is 3. The number of aromatic amines is 1. The largest absolute Gasteiger partial charge is 0.319 e. The Hall–Kier alpha value is -2.31. The third-order valence-corrected chi connectivity index (χ3v) is 2.52. The zero-order valence-electron chi connectivity index (χ0n) is 11.3. The Morgan fingerprint density at radius 1 is 1.20 bits per heavy atom. The van der Waals surface area contributed by atoms with E-state index in [1.807, 2.05) is 20.8 Å². The van der Waals surface area contributed by atoms with Crippen LogP contribution in [-0.4, -0.2) is 21.1 Å². The molecule has 2 rings (SSSR count). The number of rotatable bonds is 2. The molecule has 0 spiro atoms. The fourth-order valence-electron chi connectivity index (χ4n) is 1.51. The predicted molar refractivity (Wildman–Crippen MR) is 69.4 cm³/mol. The summed E-state index contributed by atoms with van der Waals surface area (Å²) in [6.45, 7) is 5.74. The van der Waals surface area contributed by atoms with Crippen molar-refractivity contribution in [3.8, 4) is 0 Å². The minimum atomic E-state index is -0.773. The molecule has 0 aliphatic carbocycles. The summed E-state index contributed by atoms with van der Waals surface area (Å²) in [4.78, 5) is 15.9. The van der Waals surface area contributed by atoms with Crippen LogP contribution in [0.3, 0.4) is 0 Å².